The fourth-order valence-electron chi connectivity index (χ4n) is 3.98. The predicted octanol–water partition coefficient (Wildman–Crippen LogP) is 3.19. The molecule has 0 saturated carbocycles. The van der Waals surface area contributed by atoms with Gasteiger partial charge < -0.3 is 4.90 Å². The molecule has 2 fully saturated rings. The van der Waals surface area contributed by atoms with Gasteiger partial charge in [-0.15, -0.1) is 0 Å². The van der Waals surface area contributed by atoms with Crippen LogP contribution in [0.15, 0.2) is 18.2 Å². The van der Waals surface area contributed by atoms with Gasteiger partial charge in [0.2, 0.25) is 5.91 Å². The molecule has 1 unspecified atom stereocenters. The standard InChI is InChI=1S/C19H25ClN2O2/c1-13-11-15(3-4-17(13)20)12-21-9-7-16(8-10-21)22-18(14(2)23)5-6-19(22)24/h3-4,11,16,18H,5-10,12H2,1-2H3. The molecule has 2 aliphatic rings. The number of amides is 1. The first-order valence-corrected chi connectivity index (χ1v) is 9.12. The van der Waals surface area contributed by atoms with Crippen LogP contribution in [-0.2, 0) is 16.1 Å². The first kappa shape index (κ1) is 17.4. The monoisotopic (exact) mass is 348 g/mol. The fraction of sp³-hybridized carbons (Fsp3) is 0.579. The van der Waals surface area contributed by atoms with Crippen molar-refractivity contribution in [2.75, 3.05) is 13.1 Å². The maximum absolute atomic E-state index is 12.2. The number of likely N-dealkylation sites (tertiary alicyclic amines) is 2. The second kappa shape index (κ2) is 7.24. The van der Waals surface area contributed by atoms with E-state index in [1.165, 1.54) is 5.56 Å². The Morgan fingerprint density at radius 2 is 1.96 bits per heavy atom. The van der Waals surface area contributed by atoms with Gasteiger partial charge in [-0.05, 0) is 50.3 Å². The topological polar surface area (TPSA) is 40.6 Å². The van der Waals surface area contributed by atoms with Gasteiger partial charge in [-0.25, -0.2) is 0 Å². The zero-order valence-corrected chi connectivity index (χ0v) is 15.2. The Bertz CT molecular complexity index is 638. The average molecular weight is 349 g/mol. The third-order valence-corrected chi connectivity index (χ3v) is 5.73. The van der Waals surface area contributed by atoms with Gasteiger partial charge in [0.05, 0.1) is 6.04 Å². The number of carbonyl (C=O) groups excluding carboxylic acids is 2. The molecule has 3 rings (SSSR count). The Hall–Kier alpha value is -1.39. The second-order valence-corrected chi connectivity index (χ2v) is 7.46. The van der Waals surface area contributed by atoms with Gasteiger partial charge in [-0.2, -0.15) is 0 Å². The summed E-state index contributed by atoms with van der Waals surface area (Å²) in [5, 5.41) is 0.806. The number of nitrogens with zero attached hydrogens (tertiary/aromatic N) is 2. The van der Waals surface area contributed by atoms with Gasteiger partial charge in [0.1, 0.15) is 0 Å². The van der Waals surface area contributed by atoms with Crippen LogP contribution in [0.25, 0.3) is 0 Å². The quantitative estimate of drug-likeness (QED) is 0.839. The number of carbonyl (C=O) groups is 2. The highest BCUT2D eigenvalue weighted by atomic mass is 35.5. The third kappa shape index (κ3) is 3.65. The number of aryl methyl sites for hydroxylation is 1. The van der Waals surface area contributed by atoms with Crippen molar-refractivity contribution in [3.63, 3.8) is 0 Å². The molecule has 0 aromatic heterocycles. The van der Waals surface area contributed by atoms with E-state index in [9.17, 15) is 9.59 Å². The number of ketones is 1. The predicted molar refractivity (Wildman–Crippen MR) is 95.0 cm³/mol. The zero-order chi connectivity index (χ0) is 17.3. The molecule has 4 nitrogen and oxygen atoms in total. The van der Waals surface area contributed by atoms with E-state index in [4.69, 9.17) is 11.6 Å². The van der Waals surface area contributed by atoms with Crippen LogP contribution in [-0.4, -0.2) is 46.7 Å². The SMILES string of the molecule is CC(=O)C1CCC(=O)N1C1CCN(Cc2ccc(Cl)c(C)c2)CC1. The molecule has 0 radical (unpaired) electrons. The van der Waals surface area contributed by atoms with E-state index >= 15 is 0 Å². The van der Waals surface area contributed by atoms with E-state index in [0.717, 1.165) is 43.1 Å². The van der Waals surface area contributed by atoms with E-state index in [-0.39, 0.29) is 23.8 Å². The average Bonchev–Trinajstić information content (AvgIpc) is 2.94. The molecule has 2 aliphatic heterocycles. The Balaban J connectivity index is 1.58. The van der Waals surface area contributed by atoms with E-state index in [1.807, 2.05) is 17.9 Å². The van der Waals surface area contributed by atoms with Gasteiger partial charge in [0, 0.05) is 37.1 Å². The summed E-state index contributed by atoms with van der Waals surface area (Å²) in [6.07, 6.45) is 3.11. The lowest BCUT2D eigenvalue weighted by molar-refractivity contribution is -0.137. The maximum atomic E-state index is 12.2. The summed E-state index contributed by atoms with van der Waals surface area (Å²) < 4.78 is 0. The Labute approximate surface area is 148 Å². The van der Waals surface area contributed by atoms with Gasteiger partial charge in [-0.1, -0.05) is 23.7 Å². The summed E-state index contributed by atoms with van der Waals surface area (Å²) >= 11 is 6.09. The van der Waals surface area contributed by atoms with Crippen molar-refractivity contribution in [3.8, 4) is 0 Å². The summed E-state index contributed by atoms with van der Waals surface area (Å²) in [7, 11) is 0. The Kier molecular flexibility index (Phi) is 5.26. The minimum atomic E-state index is -0.187. The maximum Gasteiger partial charge on any atom is 0.223 e. The van der Waals surface area contributed by atoms with Crippen LogP contribution in [0.5, 0.6) is 0 Å². The number of piperidine rings is 1. The lowest BCUT2D eigenvalue weighted by Crippen LogP contribution is -2.50. The van der Waals surface area contributed by atoms with Crippen LogP contribution in [0.3, 0.4) is 0 Å². The van der Waals surface area contributed by atoms with Crippen molar-refractivity contribution >= 4 is 23.3 Å². The van der Waals surface area contributed by atoms with Crippen molar-refractivity contribution in [3.05, 3.63) is 34.3 Å². The lowest BCUT2D eigenvalue weighted by atomic mass is 10.0. The number of benzene rings is 1. The highest BCUT2D eigenvalue weighted by Crippen LogP contribution is 2.28. The second-order valence-electron chi connectivity index (χ2n) is 7.06. The summed E-state index contributed by atoms with van der Waals surface area (Å²) in [6, 6.07) is 6.21. The smallest absolute Gasteiger partial charge is 0.223 e. The largest absolute Gasteiger partial charge is 0.330 e. The Morgan fingerprint density at radius 1 is 1.25 bits per heavy atom. The van der Waals surface area contributed by atoms with Gasteiger partial charge >= 0.3 is 0 Å². The van der Waals surface area contributed by atoms with Gasteiger partial charge in [0.25, 0.3) is 0 Å². The van der Waals surface area contributed by atoms with Crippen LogP contribution < -0.4 is 0 Å². The summed E-state index contributed by atoms with van der Waals surface area (Å²) in [6.45, 7) is 6.46. The van der Waals surface area contributed by atoms with E-state index in [0.29, 0.717) is 12.8 Å². The number of halogens is 1. The summed E-state index contributed by atoms with van der Waals surface area (Å²) in [5.74, 6) is 0.280. The molecule has 130 valence electrons. The first-order valence-electron chi connectivity index (χ1n) is 8.74. The molecule has 1 atom stereocenters. The van der Waals surface area contributed by atoms with E-state index < -0.39 is 0 Å². The first-order chi connectivity index (χ1) is 11.5. The van der Waals surface area contributed by atoms with Crippen molar-refractivity contribution in [1.29, 1.82) is 0 Å². The van der Waals surface area contributed by atoms with Crippen LogP contribution in [0.2, 0.25) is 5.02 Å². The van der Waals surface area contributed by atoms with Crippen LogP contribution in [0, 0.1) is 6.92 Å². The number of hydrogen-bond donors (Lipinski definition) is 0. The molecule has 1 aromatic carbocycles. The fourth-order valence-corrected chi connectivity index (χ4v) is 4.10. The molecule has 1 amide bonds. The number of rotatable bonds is 4. The molecule has 0 spiro atoms. The van der Waals surface area contributed by atoms with Crippen molar-refractivity contribution in [2.24, 2.45) is 0 Å². The summed E-state index contributed by atoms with van der Waals surface area (Å²) in [4.78, 5) is 28.3. The lowest BCUT2D eigenvalue weighted by Gasteiger charge is -2.39. The highest BCUT2D eigenvalue weighted by molar-refractivity contribution is 6.31. The highest BCUT2D eigenvalue weighted by Gasteiger charge is 2.39. The molecule has 1 aromatic rings. The minimum absolute atomic E-state index is 0.125. The number of Topliss-reactive ketones (excluding diaryl/α,β-unsaturated/α-hetero) is 1. The van der Waals surface area contributed by atoms with E-state index in [2.05, 4.69) is 17.0 Å². The molecule has 24 heavy (non-hydrogen) atoms. The van der Waals surface area contributed by atoms with Crippen LogP contribution >= 0.6 is 11.6 Å². The van der Waals surface area contributed by atoms with Crippen molar-refractivity contribution in [1.82, 2.24) is 9.80 Å². The van der Waals surface area contributed by atoms with Crippen LogP contribution in [0.1, 0.15) is 43.7 Å². The molecule has 0 aliphatic carbocycles. The Morgan fingerprint density at radius 3 is 2.58 bits per heavy atom. The number of hydrogen-bond acceptors (Lipinski definition) is 3. The molecule has 2 heterocycles. The molecule has 5 heteroatoms. The van der Waals surface area contributed by atoms with Crippen LogP contribution in [0.4, 0.5) is 0 Å². The van der Waals surface area contributed by atoms with E-state index in [1.54, 1.807) is 6.92 Å². The molecular formula is C19H25ClN2O2. The van der Waals surface area contributed by atoms with Crippen molar-refractivity contribution in [2.45, 2.75) is 58.2 Å². The van der Waals surface area contributed by atoms with Gasteiger partial charge in [-0.3, -0.25) is 14.5 Å². The third-order valence-electron chi connectivity index (χ3n) is 5.30. The summed E-state index contributed by atoms with van der Waals surface area (Å²) in [5.41, 5.74) is 2.38. The zero-order valence-electron chi connectivity index (χ0n) is 14.4. The molecule has 2 saturated heterocycles. The minimum Gasteiger partial charge on any atom is -0.330 e. The van der Waals surface area contributed by atoms with Gasteiger partial charge in [0.15, 0.2) is 5.78 Å². The molecule has 0 N–H and O–H groups in total. The normalized spacial score (nSPS) is 23.0. The molecule has 0 bridgehead atoms. The van der Waals surface area contributed by atoms with Crippen molar-refractivity contribution < 1.29 is 9.59 Å². The molecular weight excluding hydrogens is 324 g/mol.